The number of ether oxygens (including phenoxy) is 4. The monoisotopic (exact) mass is 467 g/mol. The Morgan fingerprint density at radius 2 is 1.52 bits per heavy atom. The number of methoxy groups -OCH3 is 4. The summed E-state index contributed by atoms with van der Waals surface area (Å²) in [5.41, 5.74) is 3.51. The summed E-state index contributed by atoms with van der Waals surface area (Å²) in [4.78, 5) is 15.5. The van der Waals surface area contributed by atoms with Crippen LogP contribution < -0.4 is 18.9 Å². The molecule has 3 aromatic rings. The Bertz CT molecular complexity index is 1180. The predicted octanol–water partition coefficient (Wildman–Crippen LogP) is 5.16. The molecular formula is C26H26ClNO5. The molecule has 0 radical (unpaired) electrons. The summed E-state index contributed by atoms with van der Waals surface area (Å²) in [6, 6.07) is 16.3. The number of rotatable bonds is 6. The average molecular weight is 468 g/mol. The van der Waals surface area contributed by atoms with E-state index in [4.69, 9.17) is 30.5 Å². The van der Waals surface area contributed by atoms with Gasteiger partial charge in [0.25, 0.3) is 5.91 Å². The van der Waals surface area contributed by atoms with Crippen LogP contribution in [0.1, 0.15) is 33.1 Å². The van der Waals surface area contributed by atoms with Crippen molar-refractivity contribution in [3.8, 4) is 23.0 Å². The Kier molecular flexibility index (Phi) is 6.65. The Balaban J connectivity index is 1.88. The second-order valence-corrected chi connectivity index (χ2v) is 8.12. The van der Waals surface area contributed by atoms with E-state index in [9.17, 15) is 4.79 Å². The average Bonchev–Trinajstić information content (AvgIpc) is 2.86. The number of amides is 1. The van der Waals surface area contributed by atoms with Crippen molar-refractivity contribution >= 4 is 17.5 Å². The first-order chi connectivity index (χ1) is 16.0. The third kappa shape index (κ3) is 4.31. The van der Waals surface area contributed by atoms with Crippen LogP contribution in [0.2, 0.25) is 5.02 Å². The van der Waals surface area contributed by atoms with Gasteiger partial charge in [0.05, 0.1) is 34.5 Å². The first-order valence-electron chi connectivity index (χ1n) is 10.5. The quantitative estimate of drug-likeness (QED) is 0.501. The Morgan fingerprint density at radius 1 is 0.848 bits per heavy atom. The van der Waals surface area contributed by atoms with E-state index < -0.39 is 0 Å². The molecule has 0 aromatic heterocycles. The largest absolute Gasteiger partial charge is 0.493 e. The lowest BCUT2D eigenvalue weighted by Gasteiger charge is -2.38. The van der Waals surface area contributed by atoms with Crippen LogP contribution in [0.3, 0.4) is 0 Å². The minimum Gasteiger partial charge on any atom is -0.493 e. The summed E-state index contributed by atoms with van der Waals surface area (Å²) in [6.07, 6.45) is 0.686. The molecule has 1 heterocycles. The van der Waals surface area contributed by atoms with Crippen LogP contribution in [0, 0.1) is 0 Å². The predicted molar refractivity (Wildman–Crippen MR) is 127 cm³/mol. The van der Waals surface area contributed by atoms with Crippen LogP contribution in [0.25, 0.3) is 0 Å². The molecule has 6 nitrogen and oxygen atoms in total. The first-order valence-corrected chi connectivity index (χ1v) is 10.9. The Morgan fingerprint density at radius 3 is 2.18 bits per heavy atom. The molecule has 0 fully saturated rings. The van der Waals surface area contributed by atoms with Gasteiger partial charge in [-0.25, -0.2) is 0 Å². The lowest BCUT2D eigenvalue weighted by molar-refractivity contribution is 0.0694. The van der Waals surface area contributed by atoms with E-state index in [1.165, 1.54) is 0 Å². The SMILES string of the molecule is COc1ccc([C@@H]2c3cc(OC)c(OC)cc3CCN2C(=O)c2cccc(Cl)c2)cc1OC. The van der Waals surface area contributed by atoms with E-state index in [1.54, 1.807) is 52.7 Å². The van der Waals surface area contributed by atoms with Crippen molar-refractivity contribution < 1.29 is 23.7 Å². The van der Waals surface area contributed by atoms with E-state index in [2.05, 4.69) is 0 Å². The maximum Gasteiger partial charge on any atom is 0.254 e. The minimum atomic E-state index is -0.361. The highest BCUT2D eigenvalue weighted by atomic mass is 35.5. The molecule has 1 aliphatic rings. The first kappa shape index (κ1) is 22.8. The molecule has 172 valence electrons. The number of fused-ring (bicyclic) bond motifs is 1. The summed E-state index contributed by atoms with van der Waals surface area (Å²) < 4.78 is 22.0. The van der Waals surface area contributed by atoms with E-state index in [1.807, 2.05) is 35.2 Å². The van der Waals surface area contributed by atoms with Gasteiger partial charge >= 0.3 is 0 Å². The number of carbonyl (C=O) groups is 1. The summed E-state index contributed by atoms with van der Waals surface area (Å²) in [6.45, 7) is 0.535. The number of carbonyl (C=O) groups excluding carboxylic acids is 1. The maximum atomic E-state index is 13.7. The van der Waals surface area contributed by atoms with Crippen LogP contribution in [0.4, 0.5) is 0 Å². The van der Waals surface area contributed by atoms with Gasteiger partial charge in [-0.2, -0.15) is 0 Å². The zero-order valence-electron chi connectivity index (χ0n) is 19.1. The molecule has 0 N–H and O–H groups in total. The molecule has 3 aromatic carbocycles. The van der Waals surface area contributed by atoms with Crippen LogP contribution in [-0.4, -0.2) is 45.8 Å². The third-order valence-electron chi connectivity index (χ3n) is 5.93. The molecule has 0 unspecified atom stereocenters. The van der Waals surface area contributed by atoms with Gasteiger partial charge < -0.3 is 23.8 Å². The smallest absolute Gasteiger partial charge is 0.254 e. The zero-order chi connectivity index (χ0) is 23.5. The van der Waals surface area contributed by atoms with E-state index in [0.29, 0.717) is 46.5 Å². The Labute approximate surface area is 198 Å². The fraction of sp³-hybridized carbons (Fsp3) is 0.269. The van der Waals surface area contributed by atoms with Gasteiger partial charge in [0.2, 0.25) is 0 Å². The van der Waals surface area contributed by atoms with Gasteiger partial charge in [-0.15, -0.1) is 0 Å². The molecule has 7 heteroatoms. The van der Waals surface area contributed by atoms with Crippen molar-refractivity contribution in [1.82, 2.24) is 4.90 Å². The number of halogens is 1. The van der Waals surface area contributed by atoms with Gasteiger partial charge in [-0.05, 0) is 65.6 Å². The topological polar surface area (TPSA) is 57.2 Å². The molecule has 0 aliphatic carbocycles. The molecule has 0 saturated heterocycles. The summed E-state index contributed by atoms with van der Waals surface area (Å²) in [5.74, 6) is 2.39. The van der Waals surface area contributed by atoms with Gasteiger partial charge in [0, 0.05) is 17.1 Å². The van der Waals surface area contributed by atoms with Gasteiger partial charge in [0.1, 0.15) is 0 Å². The van der Waals surface area contributed by atoms with E-state index in [0.717, 1.165) is 16.7 Å². The van der Waals surface area contributed by atoms with Crippen molar-refractivity contribution in [1.29, 1.82) is 0 Å². The fourth-order valence-corrected chi connectivity index (χ4v) is 4.52. The molecule has 0 spiro atoms. The minimum absolute atomic E-state index is 0.0993. The lowest BCUT2D eigenvalue weighted by Crippen LogP contribution is -2.40. The number of hydrogen-bond acceptors (Lipinski definition) is 5. The van der Waals surface area contributed by atoms with Crippen molar-refractivity contribution in [2.45, 2.75) is 12.5 Å². The van der Waals surface area contributed by atoms with Crippen LogP contribution >= 0.6 is 11.6 Å². The number of nitrogens with zero attached hydrogens (tertiary/aromatic N) is 1. The van der Waals surface area contributed by atoms with Crippen molar-refractivity contribution in [2.75, 3.05) is 35.0 Å². The fourth-order valence-electron chi connectivity index (χ4n) is 4.33. The lowest BCUT2D eigenvalue weighted by atomic mass is 9.87. The molecule has 33 heavy (non-hydrogen) atoms. The van der Waals surface area contributed by atoms with Crippen molar-refractivity contribution in [3.05, 3.63) is 81.9 Å². The number of hydrogen-bond donors (Lipinski definition) is 0. The standard InChI is InChI=1S/C26H26ClNO5/c1-30-21-9-8-17(14-22(21)31-2)25-20-15-24(33-4)23(32-3)13-16(20)10-11-28(25)26(29)18-6-5-7-19(27)12-18/h5-9,12-15,25H,10-11H2,1-4H3/t25-/m1/s1. The summed E-state index contributed by atoms with van der Waals surface area (Å²) in [7, 11) is 6.42. The zero-order valence-corrected chi connectivity index (χ0v) is 19.8. The summed E-state index contributed by atoms with van der Waals surface area (Å²) in [5, 5.41) is 0.521. The van der Waals surface area contributed by atoms with Crippen molar-refractivity contribution in [2.24, 2.45) is 0 Å². The molecule has 4 rings (SSSR count). The van der Waals surface area contributed by atoms with E-state index >= 15 is 0 Å². The van der Waals surface area contributed by atoms with Crippen LogP contribution in [-0.2, 0) is 6.42 Å². The van der Waals surface area contributed by atoms with Crippen LogP contribution in [0.5, 0.6) is 23.0 Å². The second-order valence-electron chi connectivity index (χ2n) is 7.68. The summed E-state index contributed by atoms with van der Waals surface area (Å²) >= 11 is 6.18. The highest BCUT2D eigenvalue weighted by molar-refractivity contribution is 6.31. The highest BCUT2D eigenvalue weighted by Gasteiger charge is 2.34. The second kappa shape index (κ2) is 9.63. The highest BCUT2D eigenvalue weighted by Crippen LogP contribution is 2.43. The molecule has 1 atom stereocenters. The molecule has 0 saturated carbocycles. The number of benzene rings is 3. The maximum absolute atomic E-state index is 13.7. The van der Waals surface area contributed by atoms with E-state index in [-0.39, 0.29) is 11.9 Å². The molecule has 1 amide bonds. The molecule has 1 aliphatic heterocycles. The third-order valence-corrected chi connectivity index (χ3v) is 6.16. The van der Waals surface area contributed by atoms with Crippen molar-refractivity contribution in [3.63, 3.8) is 0 Å². The van der Waals surface area contributed by atoms with Gasteiger partial charge in [0.15, 0.2) is 23.0 Å². The molecular weight excluding hydrogens is 442 g/mol. The van der Waals surface area contributed by atoms with Gasteiger partial charge in [-0.3, -0.25) is 4.79 Å². The Hall–Kier alpha value is -3.38. The van der Waals surface area contributed by atoms with Gasteiger partial charge in [-0.1, -0.05) is 23.7 Å². The van der Waals surface area contributed by atoms with Crippen LogP contribution in [0.15, 0.2) is 54.6 Å². The molecule has 0 bridgehead atoms. The normalized spacial score (nSPS) is 14.9.